The van der Waals surface area contributed by atoms with Crippen molar-refractivity contribution in [3.05, 3.63) is 65.3 Å². The molecule has 4 rings (SSSR count). The molecule has 2 amide bonds. The molecule has 138 valence electrons. The number of nitrogens with one attached hydrogen (secondary N) is 3. The third-order valence-corrected chi connectivity index (χ3v) is 5.33. The molecule has 6 heteroatoms. The van der Waals surface area contributed by atoms with Crippen molar-refractivity contribution in [1.29, 1.82) is 0 Å². The number of amides is 2. The molecule has 1 aliphatic carbocycles. The number of H-pyrrole nitrogens is 1. The molecule has 3 aromatic rings. The highest BCUT2D eigenvalue weighted by Crippen LogP contribution is 2.46. The molecule has 27 heavy (non-hydrogen) atoms. The van der Waals surface area contributed by atoms with Gasteiger partial charge in [-0.15, -0.1) is 0 Å². The first-order valence-corrected chi connectivity index (χ1v) is 9.37. The largest absolute Gasteiger partial charge is 0.361 e. The number of halogens is 1. The molecule has 0 atom stereocenters. The predicted octanol–water partition coefficient (Wildman–Crippen LogP) is 3.90. The molecule has 0 saturated heterocycles. The van der Waals surface area contributed by atoms with E-state index in [1.807, 2.05) is 24.4 Å². The van der Waals surface area contributed by atoms with E-state index in [2.05, 4.69) is 21.7 Å². The number of carbonyl (C=O) groups excluding carboxylic acids is 2. The summed E-state index contributed by atoms with van der Waals surface area (Å²) in [6.45, 7) is 0.497. The molecule has 1 saturated carbocycles. The van der Waals surface area contributed by atoms with Gasteiger partial charge in [-0.1, -0.05) is 29.8 Å². The summed E-state index contributed by atoms with van der Waals surface area (Å²) in [6, 6.07) is 14.9. The van der Waals surface area contributed by atoms with Crippen molar-refractivity contribution < 1.29 is 9.59 Å². The third-order valence-electron chi connectivity index (χ3n) is 5.08. The van der Waals surface area contributed by atoms with Gasteiger partial charge in [0, 0.05) is 34.4 Å². The fraction of sp³-hybridized carbons (Fsp3) is 0.238. The molecule has 1 aliphatic rings. The highest BCUT2D eigenvalue weighted by molar-refractivity contribution is 6.30. The van der Waals surface area contributed by atoms with Crippen LogP contribution in [0.2, 0.25) is 5.02 Å². The SMILES string of the molecule is O=C(NCCc1c[nH]c2ccccc12)C1(C(=O)Nc2ccc(Cl)cc2)CC1. The molecule has 0 aliphatic heterocycles. The minimum atomic E-state index is -0.945. The summed E-state index contributed by atoms with van der Waals surface area (Å²) in [7, 11) is 0. The van der Waals surface area contributed by atoms with Gasteiger partial charge in [0.1, 0.15) is 5.41 Å². The molecular weight excluding hydrogens is 362 g/mol. The van der Waals surface area contributed by atoms with E-state index in [1.165, 1.54) is 0 Å². The van der Waals surface area contributed by atoms with Crippen LogP contribution in [0.3, 0.4) is 0 Å². The van der Waals surface area contributed by atoms with Crippen molar-refractivity contribution in [1.82, 2.24) is 10.3 Å². The number of rotatable bonds is 6. The van der Waals surface area contributed by atoms with Gasteiger partial charge in [0.15, 0.2) is 0 Å². The van der Waals surface area contributed by atoms with E-state index in [9.17, 15) is 9.59 Å². The second kappa shape index (κ2) is 7.08. The maximum absolute atomic E-state index is 12.6. The van der Waals surface area contributed by atoms with Gasteiger partial charge < -0.3 is 15.6 Å². The zero-order valence-electron chi connectivity index (χ0n) is 14.7. The summed E-state index contributed by atoms with van der Waals surface area (Å²) in [5.41, 5.74) is 1.93. The molecule has 0 bridgehead atoms. The number of anilines is 1. The van der Waals surface area contributed by atoms with Gasteiger partial charge >= 0.3 is 0 Å². The average Bonchev–Trinajstić information content (AvgIpc) is 3.40. The summed E-state index contributed by atoms with van der Waals surface area (Å²) in [5.74, 6) is -0.455. The first kappa shape index (κ1) is 17.6. The maximum atomic E-state index is 12.6. The van der Waals surface area contributed by atoms with Crippen LogP contribution < -0.4 is 10.6 Å². The molecular formula is C21H20ClN3O2. The Kier molecular flexibility index (Phi) is 4.62. The first-order valence-electron chi connectivity index (χ1n) is 8.99. The van der Waals surface area contributed by atoms with Gasteiger partial charge in [-0.2, -0.15) is 0 Å². The van der Waals surface area contributed by atoms with Crippen LogP contribution in [-0.4, -0.2) is 23.3 Å². The molecule has 1 aromatic heterocycles. The van der Waals surface area contributed by atoms with Crippen molar-refractivity contribution in [2.24, 2.45) is 5.41 Å². The summed E-state index contributed by atoms with van der Waals surface area (Å²) < 4.78 is 0. The van der Waals surface area contributed by atoms with Gasteiger partial charge in [-0.05, 0) is 55.2 Å². The number of para-hydroxylation sites is 1. The maximum Gasteiger partial charge on any atom is 0.240 e. The van der Waals surface area contributed by atoms with E-state index in [0.717, 1.165) is 16.5 Å². The van der Waals surface area contributed by atoms with Gasteiger partial charge in [0.05, 0.1) is 0 Å². The normalized spacial score (nSPS) is 14.7. The van der Waals surface area contributed by atoms with Gasteiger partial charge in [0.25, 0.3) is 0 Å². The number of carbonyl (C=O) groups is 2. The molecule has 0 radical (unpaired) electrons. The van der Waals surface area contributed by atoms with Gasteiger partial charge in [-0.3, -0.25) is 9.59 Å². The van der Waals surface area contributed by atoms with Crippen molar-refractivity contribution in [3.63, 3.8) is 0 Å². The number of hydrogen-bond donors (Lipinski definition) is 3. The molecule has 0 spiro atoms. The smallest absolute Gasteiger partial charge is 0.240 e. The number of benzene rings is 2. The van der Waals surface area contributed by atoms with Crippen LogP contribution in [0.15, 0.2) is 54.7 Å². The monoisotopic (exact) mass is 381 g/mol. The van der Waals surface area contributed by atoms with Crippen molar-refractivity contribution in [2.75, 3.05) is 11.9 Å². The lowest BCUT2D eigenvalue weighted by Gasteiger charge is -2.15. The summed E-state index contributed by atoms with van der Waals surface area (Å²) >= 11 is 5.86. The van der Waals surface area contributed by atoms with Crippen LogP contribution in [0.25, 0.3) is 10.9 Å². The first-order chi connectivity index (χ1) is 13.1. The summed E-state index contributed by atoms with van der Waals surface area (Å²) in [6.07, 6.45) is 3.83. The second-order valence-electron chi connectivity index (χ2n) is 6.91. The molecule has 2 aromatic carbocycles. The van der Waals surface area contributed by atoms with Crippen molar-refractivity contribution in [2.45, 2.75) is 19.3 Å². The summed E-state index contributed by atoms with van der Waals surface area (Å²) in [5, 5.41) is 7.51. The van der Waals surface area contributed by atoms with Crippen molar-refractivity contribution >= 4 is 40.0 Å². The molecule has 1 heterocycles. The Morgan fingerprint density at radius 1 is 1.04 bits per heavy atom. The van der Waals surface area contributed by atoms with Gasteiger partial charge in [0.2, 0.25) is 11.8 Å². The number of aromatic amines is 1. The Morgan fingerprint density at radius 2 is 1.78 bits per heavy atom. The van der Waals surface area contributed by atoms with Crippen LogP contribution in [0, 0.1) is 5.41 Å². The Hall–Kier alpha value is -2.79. The van der Waals surface area contributed by atoms with E-state index in [1.54, 1.807) is 24.3 Å². The highest BCUT2D eigenvalue weighted by atomic mass is 35.5. The predicted molar refractivity (Wildman–Crippen MR) is 107 cm³/mol. The van der Waals surface area contributed by atoms with Crippen LogP contribution in [0.4, 0.5) is 5.69 Å². The van der Waals surface area contributed by atoms with Crippen LogP contribution in [-0.2, 0) is 16.0 Å². The van der Waals surface area contributed by atoms with Crippen LogP contribution >= 0.6 is 11.6 Å². The van der Waals surface area contributed by atoms with E-state index in [-0.39, 0.29) is 11.8 Å². The minimum absolute atomic E-state index is 0.200. The molecule has 3 N–H and O–H groups in total. The highest BCUT2D eigenvalue weighted by Gasteiger charge is 2.56. The number of aromatic nitrogens is 1. The Bertz CT molecular complexity index is 990. The van der Waals surface area contributed by atoms with E-state index in [0.29, 0.717) is 36.5 Å². The Morgan fingerprint density at radius 3 is 2.52 bits per heavy atom. The molecule has 1 fully saturated rings. The van der Waals surface area contributed by atoms with E-state index >= 15 is 0 Å². The summed E-state index contributed by atoms with van der Waals surface area (Å²) in [4.78, 5) is 28.4. The minimum Gasteiger partial charge on any atom is -0.361 e. The van der Waals surface area contributed by atoms with Crippen molar-refractivity contribution in [3.8, 4) is 0 Å². The fourth-order valence-electron chi connectivity index (χ4n) is 3.28. The lowest BCUT2D eigenvalue weighted by Crippen LogP contribution is -2.40. The zero-order valence-corrected chi connectivity index (χ0v) is 15.5. The average molecular weight is 382 g/mol. The quantitative estimate of drug-likeness (QED) is 0.566. The number of fused-ring (bicyclic) bond motifs is 1. The Balaban J connectivity index is 1.34. The molecule has 5 nitrogen and oxygen atoms in total. The standard InChI is InChI=1S/C21H20ClN3O2/c22-15-5-7-16(8-6-15)25-20(27)21(10-11-21)19(26)23-12-9-14-13-24-18-4-2-1-3-17(14)18/h1-8,13,24H,9-12H2,(H,23,26)(H,25,27). The lowest BCUT2D eigenvalue weighted by molar-refractivity contribution is -0.134. The lowest BCUT2D eigenvalue weighted by atomic mass is 10.0. The zero-order chi connectivity index (χ0) is 18.9. The van der Waals surface area contributed by atoms with Crippen LogP contribution in [0.1, 0.15) is 18.4 Å². The number of hydrogen-bond acceptors (Lipinski definition) is 2. The van der Waals surface area contributed by atoms with E-state index < -0.39 is 5.41 Å². The fourth-order valence-corrected chi connectivity index (χ4v) is 3.41. The molecule has 0 unspecified atom stereocenters. The van der Waals surface area contributed by atoms with E-state index in [4.69, 9.17) is 11.6 Å². The second-order valence-corrected chi connectivity index (χ2v) is 7.34. The van der Waals surface area contributed by atoms with Gasteiger partial charge in [-0.25, -0.2) is 0 Å². The Labute approximate surface area is 162 Å². The topological polar surface area (TPSA) is 74.0 Å². The van der Waals surface area contributed by atoms with Crippen LogP contribution in [0.5, 0.6) is 0 Å². The third kappa shape index (κ3) is 3.55.